The molecule has 5 rings (SSSR count). The van der Waals surface area contributed by atoms with Gasteiger partial charge in [-0.25, -0.2) is 9.37 Å². The molecular formula is C25H21FN4O2S. The Labute approximate surface area is 194 Å². The maximum absolute atomic E-state index is 14.0. The monoisotopic (exact) mass is 460 g/mol. The Morgan fingerprint density at radius 1 is 0.970 bits per heavy atom. The van der Waals surface area contributed by atoms with Crippen LogP contribution >= 0.6 is 11.5 Å². The van der Waals surface area contributed by atoms with Crippen LogP contribution in [0.1, 0.15) is 21.7 Å². The molecule has 1 aliphatic heterocycles. The van der Waals surface area contributed by atoms with Gasteiger partial charge >= 0.3 is 0 Å². The van der Waals surface area contributed by atoms with Crippen molar-refractivity contribution in [3.63, 3.8) is 0 Å². The van der Waals surface area contributed by atoms with Gasteiger partial charge in [0.05, 0.1) is 11.4 Å². The zero-order valence-electron chi connectivity index (χ0n) is 17.9. The molecule has 1 N–H and O–H groups in total. The van der Waals surface area contributed by atoms with Crippen molar-refractivity contribution in [2.45, 2.75) is 19.6 Å². The van der Waals surface area contributed by atoms with Gasteiger partial charge in [-0.2, -0.15) is 4.37 Å². The number of aromatic nitrogens is 2. The van der Waals surface area contributed by atoms with Gasteiger partial charge < -0.3 is 14.8 Å². The zero-order valence-corrected chi connectivity index (χ0v) is 18.7. The highest BCUT2D eigenvalue weighted by molar-refractivity contribution is 7.05. The van der Waals surface area contributed by atoms with Gasteiger partial charge in [-0.05, 0) is 41.4 Å². The van der Waals surface area contributed by atoms with Gasteiger partial charge in [-0.15, -0.1) is 0 Å². The number of halogens is 1. The molecule has 8 heteroatoms. The van der Waals surface area contributed by atoms with Crippen LogP contribution in [-0.4, -0.2) is 22.1 Å². The molecule has 0 bridgehead atoms. The van der Waals surface area contributed by atoms with Gasteiger partial charge in [0.25, 0.3) is 0 Å². The Bertz CT molecular complexity index is 1320. The molecule has 33 heavy (non-hydrogen) atoms. The minimum atomic E-state index is -0.294. The topological polar surface area (TPSA) is 68.6 Å². The molecule has 0 amide bonds. The summed E-state index contributed by atoms with van der Waals surface area (Å²) in [5, 5.41) is 3.67. The van der Waals surface area contributed by atoms with Crippen LogP contribution in [0.15, 0.2) is 71.7 Å². The Morgan fingerprint density at radius 3 is 2.48 bits per heavy atom. The number of anilines is 1. The van der Waals surface area contributed by atoms with Crippen LogP contribution in [0.4, 0.5) is 16.0 Å². The number of nitrogens with zero attached hydrogens (tertiary/aromatic N) is 3. The second-order valence-corrected chi connectivity index (χ2v) is 8.32. The molecular weight excluding hydrogens is 439 g/mol. The predicted molar refractivity (Wildman–Crippen MR) is 127 cm³/mol. The van der Waals surface area contributed by atoms with E-state index in [1.165, 1.54) is 23.2 Å². The van der Waals surface area contributed by atoms with Crippen molar-refractivity contribution in [2.75, 3.05) is 12.4 Å². The molecule has 3 aromatic carbocycles. The SMILES string of the molecule is CNc1nsc(COc2cc(OCc3ccccc3F)cc(C3=Nc4ccccc4C3)c2)n1. The van der Waals surface area contributed by atoms with E-state index in [1.54, 1.807) is 31.3 Å². The number of ether oxygens (including phenoxy) is 2. The van der Waals surface area contributed by atoms with Crippen molar-refractivity contribution < 1.29 is 13.9 Å². The normalized spacial score (nSPS) is 12.2. The third-order valence-corrected chi connectivity index (χ3v) is 5.91. The summed E-state index contributed by atoms with van der Waals surface area (Å²) in [6, 6.07) is 20.3. The van der Waals surface area contributed by atoms with Crippen molar-refractivity contribution in [1.29, 1.82) is 0 Å². The maximum atomic E-state index is 14.0. The zero-order chi connectivity index (χ0) is 22.6. The predicted octanol–water partition coefficient (Wildman–Crippen LogP) is 5.55. The van der Waals surface area contributed by atoms with Crippen LogP contribution in [0.5, 0.6) is 11.5 Å². The molecule has 0 unspecified atom stereocenters. The summed E-state index contributed by atoms with van der Waals surface area (Å²) in [7, 11) is 1.77. The van der Waals surface area contributed by atoms with Gasteiger partial charge in [0.2, 0.25) is 5.95 Å². The number of nitrogens with one attached hydrogen (secondary N) is 1. The molecule has 1 aromatic heterocycles. The number of benzene rings is 3. The highest BCUT2D eigenvalue weighted by Gasteiger charge is 2.18. The fraction of sp³-hybridized carbons (Fsp3) is 0.160. The largest absolute Gasteiger partial charge is 0.489 e. The maximum Gasteiger partial charge on any atom is 0.234 e. The molecule has 4 aromatic rings. The molecule has 0 radical (unpaired) electrons. The summed E-state index contributed by atoms with van der Waals surface area (Å²) < 4.78 is 30.2. The van der Waals surface area contributed by atoms with Crippen molar-refractivity contribution in [3.8, 4) is 11.5 Å². The Morgan fingerprint density at radius 2 is 1.73 bits per heavy atom. The van der Waals surface area contributed by atoms with Crippen LogP contribution in [0.3, 0.4) is 0 Å². The second-order valence-electron chi connectivity index (χ2n) is 7.49. The first-order chi connectivity index (χ1) is 16.2. The summed E-state index contributed by atoms with van der Waals surface area (Å²) in [4.78, 5) is 9.14. The van der Waals surface area contributed by atoms with Gasteiger partial charge in [0, 0.05) is 30.7 Å². The number of fused-ring (bicyclic) bond motifs is 1. The lowest BCUT2D eigenvalue weighted by Gasteiger charge is -2.12. The van der Waals surface area contributed by atoms with E-state index in [1.807, 2.05) is 30.3 Å². The second kappa shape index (κ2) is 9.38. The van der Waals surface area contributed by atoms with E-state index in [-0.39, 0.29) is 19.0 Å². The van der Waals surface area contributed by atoms with Gasteiger partial charge in [-0.3, -0.25) is 4.99 Å². The van der Waals surface area contributed by atoms with Crippen LogP contribution < -0.4 is 14.8 Å². The lowest BCUT2D eigenvalue weighted by Crippen LogP contribution is -2.04. The standard InChI is InChI=1S/C25H21FN4O2S/c1-27-25-29-24(33-30-25)15-32-20-11-18(23-12-16-6-3-5-9-22(16)28-23)10-19(13-20)31-14-17-7-2-4-8-21(17)26/h2-11,13H,12,14-15H2,1H3,(H,27,30). The highest BCUT2D eigenvalue weighted by atomic mass is 32.1. The van der Waals surface area contributed by atoms with Crippen molar-refractivity contribution in [3.05, 3.63) is 94.2 Å². The third-order valence-electron chi connectivity index (χ3n) is 5.22. The van der Waals surface area contributed by atoms with Crippen LogP contribution in [0.25, 0.3) is 0 Å². The molecule has 6 nitrogen and oxygen atoms in total. The van der Waals surface area contributed by atoms with E-state index in [4.69, 9.17) is 14.5 Å². The van der Waals surface area contributed by atoms with Gasteiger partial charge in [0.1, 0.15) is 30.5 Å². The molecule has 1 aliphatic rings. The molecule has 0 spiro atoms. The fourth-order valence-corrected chi connectivity index (χ4v) is 4.11. The summed E-state index contributed by atoms with van der Waals surface area (Å²) in [5.74, 6) is 1.48. The van der Waals surface area contributed by atoms with E-state index in [0.29, 0.717) is 23.0 Å². The summed E-state index contributed by atoms with van der Waals surface area (Å²) in [5.41, 5.74) is 4.48. The Kier molecular flexibility index (Phi) is 5.99. The van der Waals surface area contributed by atoms with E-state index < -0.39 is 0 Å². The number of rotatable bonds is 8. The van der Waals surface area contributed by atoms with E-state index in [2.05, 4.69) is 20.7 Å². The minimum absolute atomic E-state index is 0.115. The summed E-state index contributed by atoms with van der Waals surface area (Å²) in [6.07, 6.45) is 0.730. The number of hydrogen-bond acceptors (Lipinski definition) is 7. The fourth-order valence-electron chi connectivity index (χ4n) is 3.54. The number of para-hydroxylation sites is 1. The average molecular weight is 461 g/mol. The summed E-state index contributed by atoms with van der Waals surface area (Å²) in [6.45, 7) is 0.395. The first-order valence-electron chi connectivity index (χ1n) is 10.5. The number of hydrogen-bond donors (Lipinski definition) is 1. The van der Waals surface area contributed by atoms with Crippen molar-refractivity contribution in [1.82, 2.24) is 9.36 Å². The van der Waals surface area contributed by atoms with Crippen LogP contribution in [-0.2, 0) is 19.6 Å². The molecule has 0 atom stereocenters. The molecule has 2 heterocycles. The molecule has 0 aliphatic carbocycles. The Balaban J connectivity index is 1.40. The van der Waals surface area contributed by atoms with Crippen molar-refractivity contribution in [2.24, 2.45) is 4.99 Å². The quantitative estimate of drug-likeness (QED) is 0.373. The smallest absolute Gasteiger partial charge is 0.234 e. The number of aliphatic imine (C=N–C) groups is 1. The Hall–Kier alpha value is -3.78. The van der Waals surface area contributed by atoms with E-state index in [0.717, 1.165) is 28.4 Å². The highest BCUT2D eigenvalue weighted by Crippen LogP contribution is 2.32. The summed E-state index contributed by atoms with van der Waals surface area (Å²) >= 11 is 1.28. The molecule has 0 fully saturated rings. The van der Waals surface area contributed by atoms with Gasteiger partial charge in [0.15, 0.2) is 5.01 Å². The first-order valence-corrected chi connectivity index (χ1v) is 11.3. The first kappa shape index (κ1) is 21.1. The van der Waals surface area contributed by atoms with E-state index >= 15 is 0 Å². The van der Waals surface area contributed by atoms with Crippen LogP contribution in [0.2, 0.25) is 0 Å². The third kappa shape index (κ3) is 4.85. The molecule has 166 valence electrons. The van der Waals surface area contributed by atoms with E-state index in [9.17, 15) is 4.39 Å². The minimum Gasteiger partial charge on any atom is -0.489 e. The average Bonchev–Trinajstić information content (AvgIpc) is 3.49. The van der Waals surface area contributed by atoms with Crippen LogP contribution in [0, 0.1) is 5.82 Å². The van der Waals surface area contributed by atoms with Crippen molar-refractivity contribution >= 4 is 28.9 Å². The molecule has 0 saturated carbocycles. The lowest BCUT2D eigenvalue weighted by atomic mass is 10.0. The van der Waals surface area contributed by atoms with Gasteiger partial charge in [-0.1, -0.05) is 36.4 Å². The lowest BCUT2D eigenvalue weighted by molar-refractivity contribution is 0.286. The molecule has 0 saturated heterocycles.